The quantitative estimate of drug-likeness (QED) is 0.647. The lowest BCUT2D eigenvalue weighted by Crippen LogP contribution is -2.32. The summed E-state index contributed by atoms with van der Waals surface area (Å²) in [5, 5.41) is 8.19. The van der Waals surface area contributed by atoms with Crippen LogP contribution in [-0.2, 0) is 0 Å². The molecular formula is C20H19Cl2FN4O. The summed E-state index contributed by atoms with van der Waals surface area (Å²) < 4.78 is 14.8. The maximum absolute atomic E-state index is 13.2. The van der Waals surface area contributed by atoms with Crippen molar-refractivity contribution in [1.82, 2.24) is 20.0 Å². The van der Waals surface area contributed by atoms with Crippen LogP contribution in [-0.4, -0.2) is 47.8 Å². The van der Waals surface area contributed by atoms with Crippen molar-refractivity contribution in [3.05, 3.63) is 70.1 Å². The van der Waals surface area contributed by atoms with E-state index in [1.165, 1.54) is 16.8 Å². The largest absolute Gasteiger partial charge is 0.349 e. The van der Waals surface area contributed by atoms with Crippen molar-refractivity contribution in [2.75, 3.05) is 27.2 Å². The molecule has 5 nitrogen and oxygen atoms in total. The first-order chi connectivity index (χ1) is 13.3. The molecule has 8 heteroatoms. The van der Waals surface area contributed by atoms with Crippen LogP contribution in [0.25, 0.3) is 16.9 Å². The molecule has 28 heavy (non-hydrogen) atoms. The highest BCUT2D eigenvalue weighted by molar-refractivity contribution is 6.42. The molecule has 3 aromatic rings. The van der Waals surface area contributed by atoms with E-state index in [1.807, 2.05) is 19.0 Å². The Hall–Kier alpha value is -2.41. The monoisotopic (exact) mass is 420 g/mol. The van der Waals surface area contributed by atoms with Crippen LogP contribution in [0.1, 0.15) is 10.5 Å². The van der Waals surface area contributed by atoms with E-state index in [4.69, 9.17) is 23.2 Å². The van der Waals surface area contributed by atoms with Gasteiger partial charge < -0.3 is 10.2 Å². The second kappa shape index (κ2) is 8.73. The predicted molar refractivity (Wildman–Crippen MR) is 110 cm³/mol. The molecule has 146 valence electrons. The van der Waals surface area contributed by atoms with Crippen molar-refractivity contribution in [2.24, 2.45) is 0 Å². The van der Waals surface area contributed by atoms with E-state index >= 15 is 0 Å². The number of aromatic nitrogens is 2. The van der Waals surface area contributed by atoms with Gasteiger partial charge in [0, 0.05) is 18.7 Å². The molecule has 1 amide bonds. The standard InChI is InChI=1S/C20H19Cl2FN4O/c1-26(2)10-9-24-20(28)19-12-18(13-3-5-14(23)6-4-13)25-27(19)15-7-8-16(21)17(22)11-15/h3-8,11-12H,9-10H2,1-2H3,(H,24,28). The van der Waals surface area contributed by atoms with Crippen LogP contribution in [0.2, 0.25) is 10.0 Å². The molecule has 2 aromatic carbocycles. The molecule has 0 aliphatic rings. The normalized spacial score (nSPS) is 11.1. The van der Waals surface area contributed by atoms with Gasteiger partial charge in [-0.2, -0.15) is 5.10 Å². The van der Waals surface area contributed by atoms with Crippen LogP contribution >= 0.6 is 23.2 Å². The molecule has 0 aliphatic carbocycles. The summed E-state index contributed by atoms with van der Waals surface area (Å²) in [5.41, 5.74) is 2.18. The average Bonchev–Trinajstić information content (AvgIpc) is 3.09. The van der Waals surface area contributed by atoms with Gasteiger partial charge >= 0.3 is 0 Å². The van der Waals surface area contributed by atoms with E-state index in [-0.39, 0.29) is 11.7 Å². The van der Waals surface area contributed by atoms with E-state index in [1.54, 1.807) is 36.4 Å². The minimum Gasteiger partial charge on any atom is -0.349 e. The number of hydrogen-bond acceptors (Lipinski definition) is 3. The summed E-state index contributed by atoms with van der Waals surface area (Å²) in [6.07, 6.45) is 0. The van der Waals surface area contributed by atoms with Gasteiger partial charge in [-0.05, 0) is 62.6 Å². The van der Waals surface area contributed by atoms with Gasteiger partial charge in [0.05, 0.1) is 21.4 Å². The Kier molecular flexibility index (Phi) is 6.34. The second-order valence-corrected chi connectivity index (χ2v) is 7.31. The topological polar surface area (TPSA) is 50.2 Å². The fourth-order valence-corrected chi connectivity index (χ4v) is 2.89. The van der Waals surface area contributed by atoms with E-state index in [0.717, 1.165) is 0 Å². The zero-order valence-electron chi connectivity index (χ0n) is 15.4. The summed E-state index contributed by atoms with van der Waals surface area (Å²) in [5.74, 6) is -0.608. The van der Waals surface area contributed by atoms with Crippen LogP contribution in [0.5, 0.6) is 0 Å². The molecule has 0 aliphatic heterocycles. The Bertz CT molecular complexity index is 986. The van der Waals surface area contributed by atoms with E-state index < -0.39 is 0 Å². The van der Waals surface area contributed by atoms with Gasteiger partial charge in [0.1, 0.15) is 11.5 Å². The van der Waals surface area contributed by atoms with Gasteiger partial charge in [-0.25, -0.2) is 9.07 Å². The van der Waals surface area contributed by atoms with E-state index in [2.05, 4.69) is 10.4 Å². The predicted octanol–water partition coefficient (Wildman–Crippen LogP) is 4.28. The summed E-state index contributed by atoms with van der Waals surface area (Å²) in [6, 6.07) is 12.6. The van der Waals surface area contributed by atoms with Crippen molar-refractivity contribution in [3.8, 4) is 16.9 Å². The fourth-order valence-electron chi connectivity index (χ4n) is 2.60. The summed E-state index contributed by atoms with van der Waals surface area (Å²) in [4.78, 5) is 14.7. The molecule has 0 saturated heterocycles. The molecule has 0 atom stereocenters. The van der Waals surface area contributed by atoms with Gasteiger partial charge in [-0.15, -0.1) is 0 Å². The number of carbonyl (C=O) groups excluding carboxylic acids is 1. The number of rotatable bonds is 6. The molecule has 1 aromatic heterocycles. The molecule has 1 N–H and O–H groups in total. The maximum atomic E-state index is 13.2. The van der Waals surface area contributed by atoms with Gasteiger partial charge in [0.15, 0.2) is 0 Å². The Morgan fingerprint density at radius 1 is 1.11 bits per heavy atom. The summed E-state index contributed by atoms with van der Waals surface area (Å²) in [6.45, 7) is 1.20. The van der Waals surface area contributed by atoms with E-state index in [0.29, 0.717) is 45.8 Å². The van der Waals surface area contributed by atoms with Crippen LogP contribution < -0.4 is 5.32 Å². The van der Waals surface area contributed by atoms with Gasteiger partial charge in [0.25, 0.3) is 5.91 Å². The van der Waals surface area contributed by atoms with Gasteiger partial charge in [0.2, 0.25) is 0 Å². The number of halogens is 3. The molecule has 0 radical (unpaired) electrons. The van der Waals surface area contributed by atoms with Gasteiger partial charge in [-0.1, -0.05) is 23.2 Å². The van der Waals surface area contributed by atoms with Crippen LogP contribution in [0.15, 0.2) is 48.5 Å². The SMILES string of the molecule is CN(C)CCNC(=O)c1cc(-c2ccc(F)cc2)nn1-c1ccc(Cl)c(Cl)c1. The Balaban J connectivity index is 2.01. The molecular weight excluding hydrogens is 402 g/mol. The van der Waals surface area contributed by atoms with Crippen molar-refractivity contribution in [2.45, 2.75) is 0 Å². The van der Waals surface area contributed by atoms with Crippen LogP contribution in [0, 0.1) is 5.82 Å². The zero-order chi connectivity index (χ0) is 20.3. The number of nitrogens with zero attached hydrogens (tertiary/aromatic N) is 3. The lowest BCUT2D eigenvalue weighted by Gasteiger charge is -2.11. The first-order valence-electron chi connectivity index (χ1n) is 8.59. The molecule has 0 fully saturated rings. The van der Waals surface area contributed by atoms with Crippen LogP contribution in [0.3, 0.4) is 0 Å². The summed E-state index contributed by atoms with van der Waals surface area (Å²) in [7, 11) is 3.86. The molecule has 0 spiro atoms. The molecule has 0 saturated carbocycles. The number of carbonyl (C=O) groups is 1. The number of nitrogens with one attached hydrogen (secondary N) is 1. The lowest BCUT2D eigenvalue weighted by atomic mass is 10.1. The lowest BCUT2D eigenvalue weighted by molar-refractivity contribution is 0.0943. The first-order valence-corrected chi connectivity index (χ1v) is 9.35. The molecule has 1 heterocycles. The third-order valence-electron chi connectivity index (χ3n) is 4.07. The molecule has 0 unspecified atom stereocenters. The number of hydrogen-bond donors (Lipinski definition) is 1. The first kappa shape index (κ1) is 20.3. The third-order valence-corrected chi connectivity index (χ3v) is 4.81. The third kappa shape index (κ3) is 4.70. The maximum Gasteiger partial charge on any atom is 0.270 e. The minimum atomic E-state index is -0.339. The number of benzene rings is 2. The number of amides is 1. The fraction of sp³-hybridized carbons (Fsp3) is 0.200. The Morgan fingerprint density at radius 3 is 2.46 bits per heavy atom. The highest BCUT2D eigenvalue weighted by atomic mass is 35.5. The zero-order valence-corrected chi connectivity index (χ0v) is 16.9. The van der Waals surface area contributed by atoms with Crippen molar-refractivity contribution >= 4 is 29.1 Å². The Labute approximate surface area is 172 Å². The van der Waals surface area contributed by atoms with Crippen LogP contribution in [0.4, 0.5) is 4.39 Å². The molecule has 3 rings (SSSR count). The number of likely N-dealkylation sites (N-methyl/N-ethyl adjacent to an activating group) is 1. The van der Waals surface area contributed by atoms with Gasteiger partial charge in [-0.3, -0.25) is 4.79 Å². The summed E-state index contributed by atoms with van der Waals surface area (Å²) >= 11 is 12.1. The average molecular weight is 421 g/mol. The highest BCUT2D eigenvalue weighted by Crippen LogP contribution is 2.27. The highest BCUT2D eigenvalue weighted by Gasteiger charge is 2.18. The minimum absolute atomic E-state index is 0.270. The van der Waals surface area contributed by atoms with Crippen molar-refractivity contribution in [3.63, 3.8) is 0 Å². The second-order valence-electron chi connectivity index (χ2n) is 6.49. The molecule has 0 bridgehead atoms. The van der Waals surface area contributed by atoms with E-state index in [9.17, 15) is 9.18 Å². The van der Waals surface area contributed by atoms with Crippen molar-refractivity contribution < 1.29 is 9.18 Å². The smallest absolute Gasteiger partial charge is 0.270 e. The Morgan fingerprint density at radius 2 is 1.82 bits per heavy atom. The van der Waals surface area contributed by atoms with Crippen molar-refractivity contribution in [1.29, 1.82) is 0 Å².